The van der Waals surface area contributed by atoms with Crippen LogP contribution in [-0.4, -0.2) is 62.9 Å². The monoisotopic (exact) mass is 455 g/mol. The number of nitrogens with one attached hydrogen (secondary N) is 1. The van der Waals surface area contributed by atoms with E-state index in [1.807, 2.05) is 24.0 Å². The smallest absolute Gasteiger partial charge is 0.243 e. The number of ether oxygens (including phenoxy) is 1. The molecule has 0 aliphatic carbocycles. The topological polar surface area (TPSA) is 79.0 Å². The van der Waals surface area contributed by atoms with Gasteiger partial charge in [-0.2, -0.15) is 4.31 Å². The van der Waals surface area contributed by atoms with Crippen LogP contribution in [0.1, 0.15) is 6.92 Å². The molecule has 2 aromatic carbocycles. The number of amides is 1. The van der Waals surface area contributed by atoms with Gasteiger partial charge in [-0.05, 0) is 37.3 Å². The van der Waals surface area contributed by atoms with Crippen molar-refractivity contribution in [3.63, 3.8) is 0 Å². The predicted octanol–water partition coefficient (Wildman–Crippen LogP) is 2.82. The highest BCUT2D eigenvalue weighted by molar-refractivity contribution is 7.89. The number of nitrogens with zero attached hydrogens (tertiary/aromatic N) is 2. The van der Waals surface area contributed by atoms with Gasteiger partial charge < -0.3 is 10.1 Å². The maximum absolute atomic E-state index is 13.3. The minimum atomic E-state index is -3.78. The molecular weight excluding hydrogens is 433 g/mol. The molecule has 0 atom stereocenters. The van der Waals surface area contributed by atoms with Crippen molar-refractivity contribution in [3.8, 4) is 5.75 Å². The Morgan fingerprint density at radius 3 is 2.53 bits per heavy atom. The fourth-order valence-corrected chi connectivity index (χ4v) is 4.85. The van der Waals surface area contributed by atoms with Gasteiger partial charge in [0, 0.05) is 26.2 Å². The molecule has 1 amide bonds. The first-order valence-electron chi connectivity index (χ1n) is 9.50. The number of sulfonamides is 1. The van der Waals surface area contributed by atoms with Crippen molar-refractivity contribution < 1.29 is 22.3 Å². The molecule has 162 valence electrons. The summed E-state index contributed by atoms with van der Waals surface area (Å²) in [6.07, 6.45) is 0. The first kappa shape index (κ1) is 22.5. The van der Waals surface area contributed by atoms with Crippen LogP contribution in [0.4, 0.5) is 10.1 Å². The van der Waals surface area contributed by atoms with E-state index in [0.29, 0.717) is 31.1 Å². The van der Waals surface area contributed by atoms with Crippen LogP contribution in [0.5, 0.6) is 5.75 Å². The number of hydrogen-bond acceptors (Lipinski definition) is 5. The fraction of sp³-hybridized carbons (Fsp3) is 0.350. The fourth-order valence-electron chi connectivity index (χ4n) is 3.16. The van der Waals surface area contributed by atoms with Crippen molar-refractivity contribution in [2.45, 2.75) is 11.8 Å². The Morgan fingerprint density at radius 1 is 1.17 bits per heavy atom. The molecule has 0 saturated carbocycles. The lowest BCUT2D eigenvalue weighted by molar-refractivity contribution is -0.117. The van der Waals surface area contributed by atoms with Crippen LogP contribution in [0.15, 0.2) is 47.4 Å². The normalized spacial score (nSPS) is 15.7. The molecule has 1 aliphatic heterocycles. The minimum absolute atomic E-state index is 0.0485. The van der Waals surface area contributed by atoms with Gasteiger partial charge in [0.25, 0.3) is 0 Å². The molecule has 3 rings (SSSR count). The van der Waals surface area contributed by atoms with E-state index < -0.39 is 15.8 Å². The van der Waals surface area contributed by atoms with Crippen molar-refractivity contribution in [1.82, 2.24) is 9.21 Å². The average molecular weight is 456 g/mol. The van der Waals surface area contributed by atoms with Gasteiger partial charge in [-0.1, -0.05) is 23.7 Å². The lowest BCUT2D eigenvalue weighted by Gasteiger charge is -2.33. The zero-order valence-electron chi connectivity index (χ0n) is 16.5. The van der Waals surface area contributed by atoms with E-state index in [4.69, 9.17) is 16.3 Å². The molecule has 2 aromatic rings. The Kier molecular flexibility index (Phi) is 7.30. The Labute approximate surface area is 180 Å². The molecule has 0 radical (unpaired) electrons. The van der Waals surface area contributed by atoms with Gasteiger partial charge in [-0.15, -0.1) is 0 Å². The summed E-state index contributed by atoms with van der Waals surface area (Å²) >= 11 is 5.72. The summed E-state index contributed by atoms with van der Waals surface area (Å²) in [5.41, 5.74) is 0.596. The van der Waals surface area contributed by atoms with Crippen molar-refractivity contribution in [3.05, 3.63) is 53.3 Å². The van der Waals surface area contributed by atoms with Crippen LogP contribution in [0.25, 0.3) is 0 Å². The van der Waals surface area contributed by atoms with E-state index in [9.17, 15) is 17.6 Å². The number of piperazine rings is 1. The molecule has 1 aliphatic rings. The number of benzene rings is 2. The van der Waals surface area contributed by atoms with E-state index in [1.54, 1.807) is 12.1 Å². The number of anilines is 1. The first-order valence-corrected chi connectivity index (χ1v) is 11.3. The van der Waals surface area contributed by atoms with Crippen LogP contribution in [0, 0.1) is 5.82 Å². The van der Waals surface area contributed by atoms with Crippen molar-refractivity contribution in [1.29, 1.82) is 0 Å². The molecule has 0 aromatic heterocycles. The molecule has 1 fully saturated rings. The first-order chi connectivity index (χ1) is 14.3. The molecule has 10 heteroatoms. The third-order valence-electron chi connectivity index (χ3n) is 4.69. The molecule has 1 N–H and O–H groups in total. The number of hydrogen-bond donors (Lipinski definition) is 1. The average Bonchev–Trinajstić information content (AvgIpc) is 2.72. The summed E-state index contributed by atoms with van der Waals surface area (Å²) in [5, 5.41) is 2.60. The summed E-state index contributed by atoms with van der Waals surface area (Å²) < 4.78 is 45.7. The standard InChI is InChI=1S/C20H23ClFN3O4S/c1-2-29-19-6-4-3-5-18(19)23-20(26)14-24-9-11-25(12-10-24)30(27,28)15-7-8-17(22)16(21)13-15/h3-8,13H,2,9-12,14H2,1H3,(H,23,26). The number of rotatable bonds is 7. The minimum Gasteiger partial charge on any atom is -0.492 e. The van der Waals surface area contributed by atoms with Crippen molar-refractivity contribution in [2.75, 3.05) is 44.6 Å². The van der Waals surface area contributed by atoms with Crippen LogP contribution < -0.4 is 10.1 Å². The van der Waals surface area contributed by atoms with Gasteiger partial charge in [-0.3, -0.25) is 9.69 Å². The predicted molar refractivity (Wildman–Crippen MR) is 113 cm³/mol. The van der Waals surface area contributed by atoms with Crippen LogP contribution in [-0.2, 0) is 14.8 Å². The second-order valence-electron chi connectivity index (χ2n) is 6.73. The number of halogens is 2. The van der Waals surface area contributed by atoms with Crippen molar-refractivity contribution >= 4 is 33.2 Å². The summed E-state index contributed by atoms with van der Waals surface area (Å²) in [5.74, 6) is -0.275. The maximum atomic E-state index is 13.3. The largest absolute Gasteiger partial charge is 0.492 e. The van der Waals surface area contributed by atoms with Crippen molar-refractivity contribution in [2.24, 2.45) is 0 Å². The van der Waals surface area contributed by atoms with Gasteiger partial charge in [0.05, 0.1) is 28.8 Å². The number of carbonyl (C=O) groups excluding carboxylic acids is 1. The molecule has 0 spiro atoms. The molecule has 0 unspecified atom stereocenters. The highest BCUT2D eigenvalue weighted by Crippen LogP contribution is 2.24. The Morgan fingerprint density at radius 2 is 1.87 bits per heavy atom. The van der Waals surface area contributed by atoms with E-state index in [2.05, 4.69) is 5.32 Å². The zero-order valence-corrected chi connectivity index (χ0v) is 18.0. The quantitative estimate of drug-likeness (QED) is 0.694. The lowest BCUT2D eigenvalue weighted by atomic mass is 10.3. The molecule has 1 saturated heterocycles. The van der Waals surface area contributed by atoms with Gasteiger partial charge in [0.2, 0.25) is 15.9 Å². The van der Waals surface area contributed by atoms with Gasteiger partial charge >= 0.3 is 0 Å². The third kappa shape index (κ3) is 5.28. The highest BCUT2D eigenvalue weighted by Gasteiger charge is 2.29. The van der Waals surface area contributed by atoms with Gasteiger partial charge in [0.1, 0.15) is 11.6 Å². The Hall–Kier alpha value is -2.20. The third-order valence-corrected chi connectivity index (χ3v) is 6.87. The second kappa shape index (κ2) is 9.74. The van der Waals surface area contributed by atoms with E-state index in [1.165, 1.54) is 10.4 Å². The Balaban J connectivity index is 1.56. The Bertz CT molecular complexity index is 1010. The molecule has 0 bridgehead atoms. The molecule has 7 nitrogen and oxygen atoms in total. The molecular formula is C20H23ClFN3O4S. The number of para-hydroxylation sites is 2. The molecule has 30 heavy (non-hydrogen) atoms. The second-order valence-corrected chi connectivity index (χ2v) is 9.08. The van der Waals surface area contributed by atoms with E-state index in [-0.39, 0.29) is 35.5 Å². The number of carbonyl (C=O) groups is 1. The van der Waals surface area contributed by atoms with Gasteiger partial charge in [0.15, 0.2) is 0 Å². The van der Waals surface area contributed by atoms with Crippen LogP contribution in [0.2, 0.25) is 5.02 Å². The van der Waals surface area contributed by atoms with E-state index >= 15 is 0 Å². The van der Waals surface area contributed by atoms with Crippen LogP contribution >= 0.6 is 11.6 Å². The maximum Gasteiger partial charge on any atom is 0.243 e. The van der Waals surface area contributed by atoms with E-state index in [0.717, 1.165) is 12.1 Å². The summed E-state index contributed by atoms with van der Waals surface area (Å²) in [6.45, 7) is 3.73. The SMILES string of the molecule is CCOc1ccccc1NC(=O)CN1CCN(S(=O)(=O)c2ccc(F)c(Cl)c2)CC1. The summed E-state index contributed by atoms with van der Waals surface area (Å²) in [4.78, 5) is 14.2. The summed E-state index contributed by atoms with van der Waals surface area (Å²) in [7, 11) is -3.78. The zero-order chi connectivity index (χ0) is 21.7. The summed E-state index contributed by atoms with van der Waals surface area (Å²) in [6, 6.07) is 10.5. The van der Waals surface area contributed by atoms with Gasteiger partial charge in [-0.25, -0.2) is 12.8 Å². The highest BCUT2D eigenvalue weighted by atomic mass is 35.5. The lowest BCUT2D eigenvalue weighted by Crippen LogP contribution is -2.50. The molecule has 1 heterocycles. The van der Waals surface area contributed by atoms with Crippen LogP contribution in [0.3, 0.4) is 0 Å².